The van der Waals surface area contributed by atoms with Crippen LogP contribution in [-0.4, -0.2) is 21.0 Å². The summed E-state index contributed by atoms with van der Waals surface area (Å²) in [5.74, 6) is 3.70. The predicted molar refractivity (Wildman–Crippen MR) is 98.6 cm³/mol. The zero-order chi connectivity index (χ0) is 18.3. The van der Waals surface area contributed by atoms with Crippen molar-refractivity contribution in [3.63, 3.8) is 0 Å². The van der Waals surface area contributed by atoms with Crippen LogP contribution < -0.4 is 23.7 Å². The number of fused-ring (bicyclic) bond motifs is 2. The molecule has 0 unspecified atom stereocenters. The Morgan fingerprint density at radius 2 is 1.77 bits per heavy atom. The average molecular weight is 354 g/mol. The molecule has 2 aromatic rings. The Morgan fingerprint density at radius 1 is 1.00 bits per heavy atom. The molecular formula is C21H22O5. The van der Waals surface area contributed by atoms with Crippen LogP contribution in [0.25, 0.3) is 6.08 Å². The van der Waals surface area contributed by atoms with Gasteiger partial charge in [-0.25, -0.2) is 0 Å². The highest BCUT2D eigenvalue weighted by molar-refractivity contribution is 5.63. The van der Waals surface area contributed by atoms with E-state index in [1.807, 2.05) is 31.2 Å². The third kappa shape index (κ3) is 2.55. The summed E-state index contributed by atoms with van der Waals surface area (Å²) in [6, 6.07) is 8.08. The van der Waals surface area contributed by atoms with Gasteiger partial charge in [0.15, 0.2) is 23.0 Å². The van der Waals surface area contributed by atoms with Gasteiger partial charge < -0.3 is 23.7 Å². The Balaban J connectivity index is 1.76. The van der Waals surface area contributed by atoms with Crippen molar-refractivity contribution in [2.75, 3.05) is 21.0 Å². The maximum absolute atomic E-state index is 6.32. The first-order valence-electron chi connectivity index (χ1n) is 8.65. The number of hydrogen-bond acceptors (Lipinski definition) is 5. The maximum atomic E-state index is 6.32. The molecular weight excluding hydrogens is 332 g/mol. The van der Waals surface area contributed by atoms with Crippen molar-refractivity contribution in [1.82, 2.24) is 0 Å². The van der Waals surface area contributed by atoms with E-state index in [4.69, 9.17) is 23.7 Å². The second-order valence-corrected chi connectivity index (χ2v) is 6.43. The van der Waals surface area contributed by atoms with Crippen molar-refractivity contribution in [2.24, 2.45) is 0 Å². The third-order valence-corrected chi connectivity index (χ3v) is 4.88. The molecule has 0 bridgehead atoms. The molecule has 0 aromatic heterocycles. The number of hydrogen-bond donors (Lipinski definition) is 0. The van der Waals surface area contributed by atoms with Gasteiger partial charge in [0.2, 0.25) is 12.5 Å². The molecule has 0 N–H and O–H groups in total. The molecule has 2 aliphatic rings. The zero-order valence-corrected chi connectivity index (χ0v) is 15.4. The molecule has 5 nitrogen and oxygen atoms in total. The molecule has 2 aliphatic heterocycles. The molecule has 2 aromatic carbocycles. The molecule has 0 fully saturated rings. The Morgan fingerprint density at radius 3 is 2.50 bits per heavy atom. The van der Waals surface area contributed by atoms with Gasteiger partial charge in [0.05, 0.1) is 14.2 Å². The second-order valence-electron chi connectivity index (χ2n) is 6.43. The molecule has 2 atom stereocenters. The van der Waals surface area contributed by atoms with E-state index in [1.165, 1.54) is 0 Å². The van der Waals surface area contributed by atoms with Gasteiger partial charge in [0, 0.05) is 17.0 Å². The number of rotatable bonds is 4. The van der Waals surface area contributed by atoms with Gasteiger partial charge in [0.1, 0.15) is 6.10 Å². The second kappa shape index (κ2) is 6.48. The number of methoxy groups -OCH3 is 2. The van der Waals surface area contributed by atoms with E-state index in [-0.39, 0.29) is 18.8 Å². The summed E-state index contributed by atoms with van der Waals surface area (Å²) in [5, 5.41) is 0. The summed E-state index contributed by atoms with van der Waals surface area (Å²) in [5.41, 5.74) is 3.23. The molecule has 0 saturated carbocycles. The fourth-order valence-corrected chi connectivity index (χ4v) is 3.61. The van der Waals surface area contributed by atoms with Gasteiger partial charge >= 0.3 is 0 Å². The predicted octanol–water partition coefficient (Wildman–Crippen LogP) is 4.70. The SMILES string of the molecule is C/C=C/c1cc(OC)c2c(c1)[C@H](C)[C@H](c1cc(OC)c3c(c1)OCO3)O2. The van der Waals surface area contributed by atoms with Crippen LogP contribution in [0.3, 0.4) is 0 Å². The summed E-state index contributed by atoms with van der Waals surface area (Å²) in [6.07, 6.45) is 3.93. The zero-order valence-electron chi connectivity index (χ0n) is 15.4. The van der Waals surface area contributed by atoms with Crippen LogP contribution in [-0.2, 0) is 0 Å². The molecule has 0 aliphatic carbocycles. The van der Waals surface area contributed by atoms with Gasteiger partial charge in [-0.05, 0) is 36.8 Å². The van der Waals surface area contributed by atoms with Gasteiger partial charge in [-0.15, -0.1) is 0 Å². The van der Waals surface area contributed by atoms with E-state index >= 15 is 0 Å². The standard InChI is InChI=1S/C21H22O5/c1-5-6-13-7-15-12(2)19(26-20(15)16(8-13)22-3)14-9-17(23-4)21-18(10-14)24-11-25-21/h5-10,12,19H,11H2,1-4H3/b6-5+/t12-,19+/m0/s1. The van der Waals surface area contributed by atoms with Crippen molar-refractivity contribution in [1.29, 1.82) is 0 Å². The molecule has 0 amide bonds. The highest BCUT2D eigenvalue weighted by Gasteiger charge is 2.36. The highest BCUT2D eigenvalue weighted by atomic mass is 16.7. The first kappa shape index (κ1) is 16.6. The summed E-state index contributed by atoms with van der Waals surface area (Å²) in [6.45, 7) is 4.37. The van der Waals surface area contributed by atoms with Crippen molar-refractivity contribution in [3.8, 4) is 28.7 Å². The minimum Gasteiger partial charge on any atom is -0.493 e. The largest absolute Gasteiger partial charge is 0.493 e. The molecule has 26 heavy (non-hydrogen) atoms. The fraction of sp³-hybridized carbons (Fsp3) is 0.333. The van der Waals surface area contributed by atoms with Crippen molar-refractivity contribution in [2.45, 2.75) is 25.9 Å². The smallest absolute Gasteiger partial charge is 0.231 e. The molecule has 0 saturated heterocycles. The van der Waals surface area contributed by atoms with Crippen LogP contribution in [0.1, 0.15) is 42.6 Å². The van der Waals surface area contributed by atoms with Gasteiger partial charge in [-0.3, -0.25) is 0 Å². The van der Waals surface area contributed by atoms with E-state index in [2.05, 4.69) is 19.1 Å². The lowest BCUT2D eigenvalue weighted by Crippen LogP contribution is -2.07. The molecule has 0 radical (unpaired) electrons. The topological polar surface area (TPSA) is 46.2 Å². The lowest BCUT2D eigenvalue weighted by molar-refractivity contribution is 0.171. The first-order chi connectivity index (χ1) is 12.7. The number of benzene rings is 2. The monoisotopic (exact) mass is 354 g/mol. The molecule has 5 heteroatoms. The maximum Gasteiger partial charge on any atom is 0.231 e. The van der Waals surface area contributed by atoms with Gasteiger partial charge in [0.25, 0.3) is 0 Å². The van der Waals surface area contributed by atoms with Crippen molar-refractivity contribution >= 4 is 6.08 Å². The van der Waals surface area contributed by atoms with Crippen LogP contribution in [0.4, 0.5) is 0 Å². The summed E-state index contributed by atoms with van der Waals surface area (Å²) in [7, 11) is 3.29. The Bertz CT molecular complexity index is 871. The lowest BCUT2D eigenvalue weighted by atomic mass is 9.91. The minimum absolute atomic E-state index is 0.150. The van der Waals surface area contributed by atoms with E-state index in [1.54, 1.807) is 14.2 Å². The van der Waals surface area contributed by atoms with E-state index in [9.17, 15) is 0 Å². The number of allylic oxidation sites excluding steroid dienone is 1. The Hall–Kier alpha value is -2.82. The first-order valence-corrected chi connectivity index (χ1v) is 8.65. The summed E-state index contributed by atoms with van der Waals surface area (Å²) >= 11 is 0. The van der Waals surface area contributed by atoms with Crippen LogP contribution in [0, 0.1) is 0 Å². The molecule has 0 spiro atoms. The molecule has 4 rings (SSSR count). The van der Waals surface area contributed by atoms with Crippen molar-refractivity contribution < 1.29 is 23.7 Å². The quantitative estimate of drug-likeness (QED) is 0.796. The van der Waals surface area contributed by atoms with Crippen LogP contribution in [0.15, 0.2) is 30.3 Å². The molecule has 2 heterocycles. The average Bonchev–Trinajstić information content (AvgIpc) is 3.25. The fourth-order valence-electron chi connectivity index (χ4n) is 3.61. The summed E-state index contributed by atoms with van der Waals surface area (Å²) < 4.78 is 28.4. The third-order valence-electron chi connectivity index (χ3n) is 4.88. The summed E-state index contributed by atoms with van der Waals surface area (Å²) in [4.78, 5) is 0. The van der Waals surface area contributed by atoms with Gasteiger partial charge in [-0.2, -0.15) is 0 Å². The van der Waals surface area contributed by atoms with Crippen molar-refractivity contribution in [3.05, 3.63) is 47.0 Å². The van der Waals surface area contributed by atoms with E-state index < -0.39 is 0 Å². The molecule has 136 valence electrons. The normalized spacial score (nSPS) is 20.2. The van der Waals surface area contributed by atoms with E-state index in [0.29, 0.717) is 17.2 Å². The Kier molecular flexibility index (Phi) is 4.15. The highest BCUT2D eigenvalue weighted by Crippen LogP contribution is 2.53. The van der Waals surface area contributed by atoms with Crippen LogP contribution in [0.2, 0.25) is 0 Å². The van der Waals surface area contributed by atoms with Crippen LogP contribution >= 0.6 is 0 Å². The van der Waals surface area contributed by atoms with E-state index in [0.717, 1.165) is 28.2 Å². The minimum atomic E-state index is -0.150. The Labute approximate surface area is 153 Å². The van der Waals surface area contributed by atoms with Crippen LogP contribution in [0.5, 0.6) is 28.7 Å². The van der Waals surface area contributed by atoms with Gasteiger partial charge in [-0.1, -0.05) is 19.1 Å². The lowest BCUT2D eigenvalue weighted by Gasteiger charge is -2.17. The number of ether oxygens (including phenoxy) is 5.